The summed E-state index contributed by atoms with van der Waals surface area (Å²) < 4.78 is 0. The quantitative estimate of drug-likeness (QED) is 0.460. The Morgan fingerprint density at radius 2 is 0.400 bits per heavy atom. The van der Waals surface area contributed by atoms with Crippen molar-refractivity contribution in [2.75, 3.05) is 0 Å². The zero-order chi connectivity index (χ0) is 14.7. The third-order valence-electron chi connectivity index (χ3n) is 1.94. The molecular formula is C20H22. The predicted molar refractivity (Wildman–Crippen MR) is 93.5 cm³/mol. The molecule has 0 spiro atoms. The highest BCUT2D eigenvalue weighted by atomic mass is 13.7. The van der Waals surface area contributed by atoms with Crippen LogP contribution in [0.15, 0.2) is 123 Å². The Morgan fingerprint density at radius 1 is 0.250 bits per heavy atom. The van der Waals surface area contributed by atoms with Gasteiger partial charge >= 0.3 is 0 Å². The fraction of sp³-hybridized carbons (Fsp3) is 0. The lowest BCUT2D eigenvalue weighted by molar-refractivity contribution is 1.83. The van der Waals surface area contributed by atoms with Gasteiger partial charge in [-0.2, -0.15) is 0 Å². The molecule has 20 heavy (non-hydrogen) atoms. The molecule has 0 amide bonds. The summed E-state index contributed by atoms with van der Waals surface area (Å²) >= 11 is 0. The molecule has 0 radical (unpaired) electrons. The molecule has 0 aliphatic heterocycles. The topological polar surface area (TPSA) is 0 Å². The maximum Gasteiger partial charge on any atom is -0.0623 e. The largest absolute Gasteiger partial charge is 0.0991 e. The summed E-state index contributed by atoms with van der Waals surface area (Å²) in [5.41, 5.74) is 0. The number of rotatable bonds is 9. The van der Waals surface area contributed by atoms with Gasteiger partial charge in [-0.25, -0.2) is 0 Å². The van der Waals surface area contributed by atoms with E-state index in [1.807, 2.05) is 97.2 Å². The molecule has 0 N–H and O–H groups in total. The maximum absolute atomic E-state index is 3.59. The molecule has 0 aromatic heterocycles. The molecule has 0 aliphatic carbocycles. The van der Waals surface area contributed by atoms with Gasteiger partial charge in [0, 0.05) is 0 Å². The summed E-state index contributed by atoms with van der Waals surface area (Å²) in [6, 6.07) is 0. The van der Waals surface area contributed by atoms with E-state index in [0.717, 1.165) is 0 Å². The Kier molecular flexibility index (Phi) is 14.3. The fourth-order valence-corrected chi connectivity index (χ4v) is 1.06. The van der Waals surface area contributed by atoms with Gasteiger partial charge in [-0.15, -0.1) is 0 Å². The SMILES string of the molecule is C=CC=CC=CC=CC=CC=CC=CC=CC=CC=C. The van der Waals surface area contributed by atoms with Crippen LogP contribution in [0.1, 0.15) is 0 Å². The molecule has 0 aromatic carbocycles. The maximum atomic E-state index is 3.59. The highest BCUT2D eigenvalue weighted by molar-refractivity contribution is 5.22. The Labute approximate surface area is 123 Å². The molecule has 0 nitrogen and oxygen atoms in total. The predicted octanol–water partition coefficient (Wildman–Crippen LogP) is 5.81. The Morgan fingerprint density at radius 3 is 0.550 bits per heavy atom. The second-order valence-corrected chi connectivity index (χ2v) is 3.55. The number of allylic oxidation sites excluding steroid dienone is 18. The van der Waals surface area contributed by atoms with E-state index in [9.17, 15) is 0 Å². The van der Waals surface area contributed by atoms with Crippen LogP contribution in [0.5, 0.6) is 0 Å². The summed E-state index contributed by atoms with van der Waals surface area (Å²) in [6.07, 6.45) is 34.8. The van der Waals surface area contributed by atoms with Crippen molar-refractivity contribution >= 4 is 0 Å². The smallest absolute Gasteiger partial charge is 0.0623 e. The van der Waals surface area contributed by atoms with Gasteiger partial charge < -0.3 is 0 Å². The number of hydrogen-bond donors (Lipinski definition) is 0. The van der Waals surface area contributed by atoms with Crippen molar-refractivity contribution in [1.82, 2.24) is 0 Å². The van der Waals surface area contributed by atoms with Crippen LogP contribution in [0, 0.1) is 0 Å². The molecule has 0 rings (SSSR count). The third kappa shape index (κ3) is 15.4. The molecule has 0 aliphatic rings. The van der Waals surface area contributed by atoms with Crippen molar-refractivity contribution < 1.29 is 0 Å². The van der Waals surface area contributed by atoms with Gasteiger partial charge in [0.2, 0.25) is 0 Å². The van der Waals surface area contributed by atoms with Crippen molar-refractivity contribution in [3.05, 3.63) is 123 Å². The molecular weight excluding hydrogens is 240 g/mol. The van der Waals surface area contributed by atoms with Crippen LogP contribution in [-0.2, 0) is 0 Å². The summed E-state index contributed by atoms with van der Waals surface area (Å²) in [5, 5.41) is 0. The van der Waals surface area contributed by atoms with E-state index in [4.69, 9.17) is 0 Å². The van der Waals surface area contributed by atoms with Crippen LogP contribution in [0.2, 0.25) is 0 Å². The van der Waals surface area contributed by atoms with Gasteiger partial charge in [-0.3, -0.25) is 0 Å². The van der Waals surface area contributed by atoms with Crippen LogP contribution in [-0.4, -0.2) is 0 Å². The second-order valence-electron chi connectivity index (χ2n) is 3.55. The fourth-order valence-electron chi connectivity index (χ4n) is 1.06. The second kappa shape index (κ2) is 16.4. The first-order valence-electron chi connectivity index (χ1n) is 6.48. The molecule has 0 aromatic rings. The van der Waals surface area contributed by atoms with Crippen molar-refractivity contribution in [3.63, 3.8) is 0 Å². The lowest BCUT2D eigenvalue weighted by Crippen LogP contribution is -1.53. The van der Waals surface area contributed by atoms with E-state index in [2.05, 4.69) is 13.2 Å². The molecule has 0 saturated heterocycles. The van der Waals surface area contributed by atoms with Gasteiger partial charge in [0.25, 0.3) is 0 Å². The first kappa shape index (κ1) is 17.4. The molecule has 0 atom stereocenters. The van der Waals surface area contributed by atoms with Crippen LogP contribution < -0.4 is 0 Å². The van der Waals surface area contributed by atoms with Gasteiger partial charge in [0.15, 0.2) is 0 Å². The molecule has 0 bridgehead atoms. The van der Waals surface area contributed by atoms with Crippen molar-refractivity contribution in [3.8, 4) is 0 Å². The molecule has 0 heterocycles. The van der Waals surface area contributed by atoms with E-state index < -0.39 is 0 Å². The minimum atomic E-state index is 1.75. The summed E-state index contributed by atoms with van der Waals surface area (Å²) in [5.74, 6) is 0. The summed E-state index contributed by atoms with van der Waals surface area (Å²) in [6.45, 7) is 7.19. The van der Waals surface area contributed by atoms with E-state index in [0.29, 0.717) is 0 Å². The zero-order valence-electron chi connectivity index (χ0n) is 11.8. The Balaban J connectivity index is 3.86. The van der Waals surface area contributed by atoms with Crippen molar-refractivity contribution in [2.24, 2.45) is 0 Å². The molecule has 0 fully saturated rings. The Bertz CT molecular complexity index is 426. The summed E-state index contributed by atoms with van der Waals surface area (Å²) in [7, 11) is 0. The molecule has 0 heteroatoms. The first-order chi connectivity index (χ1) is 9.91. The van der Waals surface area contributed by atoms with Crippen molar-refractivity contribution in [1.29, 1.82) is 0 Å². The average molecular weight is 262 g/mol. The van der Waals surface area contributed by atoms with Crippen molar-refractivity contribution in [2.45, 2.75) is 0 Å². The summed E-state index contributed by atoms with van der Waals surface area (Å²) in [4.78, 5) is 0. The van der Waals surface area contributed by atoms with Crippen LogP contribution in [0.4, 0.5) is 0 Å². The average Bonchev–Trinajstić information content (AvgIpc) is 2.47. The Hall–Kier alpha value is -2.60. The van der Waals surface area contributed by atoms with E-state index >= 15 is 0 Å². The highest BCUT2D eigenvalue weighted by Crippen LogP contribution is 1.86. The standard InChI is InChI=1S/C20H22/c1-3-5-7-9-11-13-15-17-19-20-18-16-14-12-10-8-6-4-2/h3-20H,1-2H2. The number of hydrogen-bond acceptors (Lipinski definition) is 0. The van der Waals surface area contributed by atoms with Gasteiger partial charge in [0.05, 0.1) is 0 Å². The molecule has 102 valence electrons. The minimum Gasteiger partial charge on any atom is -0.0991 e. The van der Waals surface area contributed by atoms with E-state index in [1.54, 1.807) is 12.2 Å². The van der Waals surface area contributed by atoms with Gasteiger partial charge in [-0.1, -0.05) is 123 Å². The van der Waals surface area contributed by atoms with Gasteiger partial charge in [-0.05, 0) is 0 Å². The monoisotopic (exact) mass is 262 g/mol. The minimum absolute atomic E-state index is 1.75. The van der Waals surface area contributed by atoms with E-state index in [-0.39, 0.29) is 0 Å². The first-order valence-corrected chi connectivity index (χ1v) is 6.48. The molecule has 0 unspecified atom stereocenters. The van der Waals surface area contributed by atoms with Crippen LogP contribution in [0.25, 0.3) is 0 Å². The zero-order valence-corrected chi connectivity index (χ0v) is 11.8. The normalized spacial score (nSPS) is 13.8. The third-order valence-corrected chi connectivity index (χ3v) is 1.94. The lowest BCUT2D eigenvalue weighted by atomic mass is 10.3. The lowest BCUT2D eigenvalue weighted by Gasteiger charge is -1.75. The van der Waals surface area contributed by atoms with Crippen LogP contribution in [0.3, 0.4) is 0 Å². The van der Waals surface area contributed by atoms with Gasteiger partial charge in [0.1, 0.15) is 0 Å². The highest BCUT2D eigenvalue weighted by Gasteiger charge is 1.64. The van der Waals surface area contributed by atoms with E-state index in [1.165, 1.54) is 0 Å². The van der Waals surface area contributed by atoms with Crippen LogP contribution >= 0.6 is 0 Å². The molecule has 0 saturated carbocycles.